The van der Waals surface area contributed by atoms with Crippen LogP contribution in [0.25, 0.3) is 0 Å². The summed E-state index contributed by atoms with van der Waals surface area (Å²) in [5.74, 6) is -2.40. The number of unbranched alkanes of at least 4 members (excludes halogenated alkanes) is 1. The van der Waals surface area contributed by atoms with Crippen molar-refractivity contribution < 1.29 is 46.6 Å². The first-order valence-corrected chi connectivity index (χ1v) is 18.8. The number of amides is 3. The molecule has 52 heavy (non-hydrogen) atoms. The Morgan fingerprint density at radius 3 is 2.21 bits per heavy atom. The number of hydrogen-bond donors (Lipinski definition) is 4. The number of carbonyl (C=O) groups is 5. The Balaban J connectivity index is 1.54. The van der Waals surface area contributed by atoms with Crippen LogP contribution in [0.1, 0.15) is 64.9 Å². The third-order valence-electron chi connectivity index (χ3n) is 8.02. The van der Waals surface area contributed by atoms with E-state index in [4.69, 9.17) is 14.2 Å². The maximum absolute atomic E-state index is 13.3. The van der Waals surface area contributed by atoms with Crippen LogP contribution in [-0.2, 0) is 50.0 Å². The van der Waals surface area contributed by atoms with Crippen molar-refractivity contribution in [2.24, 2.45) is 0 Å². The Morgan fingerprint density at radius 2 is 1.56 bits per heavy atom. The van der Waals surface area contributed by atoms with Crippen molar-refractivity contribution in [1.82, 2.24) is 25.6 Å². The highest BCUT2D eigenvalue weighted by Gasteiger charge is 2.40. The smallest absolute Gasteiger partial charge is 0.407 e. The second-order valence-corrected chi connectivity index (χ2v) is 15.1. The van der Waals surface area contributed by atoms with E-state index < -0.39 is 63.6 Å². The van der Waals surface area contributed by atoms with Gasteiger partial charge in [-0.05, 0) is 77.0 Å². The van der Waals surface area contributed by atoms with Gasteiger partial charge >= 0.3 is 18.0 Å². The normalized spacial score (nSPS) is 15.9. The summed E-state index contributed by atoms with van der Waals surface area (Å²) in [5, 5.41) is 11.0. The lowest BCUT2D eigenvalue weighted by Crippen LogP contribution is -2.52. The number of ether oxygens (including phenoxy) is 3. The minimum atomic E-state index is -3.95. The number of alkyl carbamates (subject to hydrolysis) is 1. The van der Waals surface area contributed by atoms with Crippen LogP contribution in [0, 0.1) is 0 Å². The molecule has 286 valence electrons. The van der Waals surface area contributed by atoms with Crippen molar-refractivity contribution in [3.63, 3.8) is 0 Å². The van der Waals surface area contributed by atoms with Crippen LogP contribution < -0.4 is 21.3 Å². The van der Waals surface area contributed by atoms with Crippen molar-refractivity contribution in [3.05, 3.63) is 66.2 Å². The van der Waals surface area contributed by atoms with Gasteiger partial charge in [-0.3, -0.25) is 19.7 Å². The number of carbonyl (C=O) groups excluding carboxylic acids is 5. The molecule has 0 aliphatic carbocycles. The van der Waals surface area contributed by atoms with Crippen molar-refractivity contribution in [1.29, 1.82) is 0 Å². The van der Waals surface area contributed by atoms with Crippen molar-refractivity contribution >= 4 is 39.9 Å². The van der Waals surface area contributed by atoms with Crippen molar-refractivity contribution in [2.45, 2.75) is 94.5 Å². The molecule has 0 unspecified atom stereocenters. The third kappa shape index (κ3) is 13.9. The summed E-state index contributed by atoms with van der Waals surface area (Å²) in [6.07, 6.45) is 1.46. The van der Waals surface area contributed by atoms with E-state index in [0.717, 1.165) is 17.0 Å². The Kier molecular flexibility index (Phi) is 16.5. The fourth-order valence-electron chi connectivity index (χ4n) is 5.49. The van der Waals surface area contributed by atoms with Gasteiger partial charge in [-0.1, -0.05) is 48.5 Å². The second-order valence-electron chi connectivity index (χ2n) is 13.3. The van der Waals surface area contributed by atoms with Gasteiger partial charge in [-0.25, -0.2) is 18.0 Å². The van der Waals surface area contributed by atoms with Crippen LogP contribution in [0.3, 0.4) is 0 Å². The van der Waals surface area contributed by atoms with Gasteiger partial charge in [0.1, 0.15) is 24.3 Å². The molecule has 0 spiro atoms. The molecule has 3 atom stereocenters. The molecule has 2 aromatic carbocycles. The zero-order valence-corrected chi connectivity index (χ0v) is 31.0. The molecule has 15 nitrogen and oxygen atoms in total. The fraction of sp³-hybridized carbons (Fsp3) is 0.528. The topological polar surface area (TPSA) is 199 Å². The van der Waals surface area contributed by atoms with Gasteiger partial charge in [0.2, 0.25) is 21.8 Å². The number of methoxy groups -OCH3 is 1. The molecule has 1 aliphatic heterocycles. The number of benzene rings is 2. The monoisotopic (exact) mass is 745 g/mol. The molecule has 4 N–H and O–H groups in total. The first-order valence-electron chi connectivity index (χ1n) is 17.3. The lowest BCUT2D eigenvalue weighted by molar-refractivity contribution is -0.153. The maximum atomic E-state index is 13.3. The lowest BCUT2D eigenvalue weighted by atomic mass is 10.1. The zero-order chi connectivity index (χ0) is 38.1. The van der Waals surface area contributed by atoms with Crippen LogP contribution in [-0.4, -0.2) is 99.6 Å². The number of nitrogens with one attached hydrogen (secondary N) is 4. The van der Waals surface area contributed by atoms with Crippen LogP contribution >= 0.6 is 0 Å². The van der Waals surface area contributed by atoms with E-state index in [1.165, 1.54) is 12.1 Å². The molecule has 1 heterocycles. The largest absolute Gasteiger partial charge is 0.467 e. The first kappa shape index (κ1) is 41.9. The van der Waals surface area contributed by atoms with E-state index in [0.29, 0.717) is 32.2 Å². The Morgan fingerprint density at radius 1 is 0.885 bits per heavy atom. The highest BCUT2D eigenvalue weighted by atomic mass is 32.2. The number of rotatable bonds is 19. The molecule has 0 aromatic heterocycles. The van der Waals surface area contributed by atoms with E-state index in [9.17, 15) is 32.4 Å². The summed E-state index contributed by atoms with van der Waals surface area (Å²) >= 11 is 0. The number of nitrogens with zero attached hydrogens (tertiary/aromatic N) is 1. The molecule has 2 aromatic rings. The average molecular weight is 746 g/mol. The standard InChI is InChI=1S/C36H51N5O10S/c1-36(2,3)51-31(42)24-39-28(18-11-12-21-38-35(46)50-25-26-14-7-5-8-15-26)32(43)37-22-20-29(34(45)49-4)40-33(44)30-19-13-23-41(30)52(47,48)27-16-9-6-10-17-27/h5-10,14-17,28-30,39H,11-13,18-25H2,1-4H3,(H,37,43)(H,38,46)(H,40,44)/t28-,29-,30-/m0/s1. The molecule has 0 radical (unpaired) electrons. The summed E-state index contributed by atoms with van der Waals surface area (Å²) in [5.41, 5.74) is 0.143. The lowest BCUT2D eigenvalue weighted by Gasteiger charge is -2.25. The summed E-state index contributed by atoms with van der Waals surface area (Å²) in [4.78, 5) is 63.8. The first-order chi connectivity index (χ1) is 24.7. The minimum Gasteiger partial charge on any atom is -0.467 e. The van der Waals surface area contributed by atoms with Gasteiger partial charge in [0, 0.05) is 19.6 Å². The predicted molar refractivity (Wildman–Crippen MR) is 191 cm³/mol. The summed E-state index contributed by atoms with van der Waals surface area (Å²) < 4.78 is 43.1. The minimum absolute atomic E-state index is 0.0455. The van der Waals surface area contributed by atoms with Crippen molar-refractivity contribution in [3.8, 4) is 0 Å². The molecule has 3 amide bonds. The fourth-order valence-corrected chi connectivity index (χ4v) is 7.17. The van der Waals surface area contributed by atoms with Crippen LogP contribution in [0.5, 0.6) is 0 Å². The number of hydrogen-bond acceptors (Lipinski definition) is 11. The van der Waals surface area contributed by atoms with E-state index in [2.05, 4.69) is 21.3 Å². The molecule has 3 rings (SSSR count). The molecule has 0 saturated carbocycles. The molecule has 16 heteroatoms. The quantitative estimate of drug-likeness (QED) is 0.0936. The summed E-state index contributed by atoms with van der Waals surface area (Å²) in [7, 11) is -2.79. The van der Waals surface area contributed by atoms with Gasteiger partial charge in [-0.15, -0.1) is 0 Å². The van der Waals surface area contributed by atoms with E-state index >= 15 is 0 Å². The highest BCUT2D eigenvalue weighted by molar-refractivity contribution is 7.89. The van der Waals surface area contributed by atoms with Gasteiger partial charge in [-0.2, -0.15) is 4.31 Å². The second kappa shape index (κ2) is 20.5. The Hall–Kier alpha value is -4.54. The molecule has 1 fully saturated rings. The van der Waals surface area contributed by atoms with E-state index in [1.54, 1.807) is 39.0 Å². The number of sulfonamides is 1. The highest BCUT2D eigenvalue weighted by Crippen LogP contribution is 2.26. The Labute approximate surface area is 305 Å². The third-order valence-corrected chi connectivity index (χ3v) is 9.94. The Bertz CT molecular complexity index is 1590. The SMILES string of the molecule is COC(=O)[C@H](CCNC(=O)[C@H](CCCCNC(=O)OCc1ccccc1)NCC(=O)OC(C)(C)C)NC(=O)[C@@H]1CCCN1S(=O)(=O)c1ccccc1. The zero-order valence-electron chi connectivity index (χ0n) is 30.2. The van der Waals surface area contributed by atoms with E-state index in [1.807, 2.05) is 30.3 Å². The predicted octanol–water partition coefficient (Wildman–Crippen LogP) is 2.40. The molecular formula is C36H51N5O10S. The van der Waals surface area contributed by atoms with Crippen LogP contribution in [0.15, 0.2) is 65.6 Å². The van der Waals surface area contributed by atoms with Crippen molar-refractivity contribution in [2.75, 3.05) is 33.3 Å². The van der Waals surface area contributed by atoms with E-state index in [-0.39, 0.29) is 44.0 Å². The van der Waals surface area contributed by atoms with Gasteiger partial charge in [0.05, 0.1) is 24.6 Å². The van der Waals surface area contributed by atoms with Crippen LogP contribution in [0.2, 0.25) is 0 Å². The molecule has 0 bridgehead atoms. The molecule has 1 aliphatic rings. The van der Waals surface area contributed by atoms with Gasteiger partial charge < -0.3 is 30.2 Å². The summed E-state index contributed by atoms with van der Waals surface area (Å²) in [6, 6.07) is 14.1. The van der Waals surface area contributed by atoms with Crippen LogP contribution in [0.4, 0.5) is 4.79 Å². The number of esters is 2. The summed E-state index contributed by atoms with van der Waals surface area (Å²) in [6.45, 7) is 5.51. The molecule has 1 saturated heterocycles. The maximum Gasteiger partial charge on any atom is 0.407 e. The van der Waals surface area contributed by atoms with Gasteiger partial charge in [0.15, 0.2) is 0 Å². The molecular weight excluding hydrogens is 694 g/mol. The van der Waals surface area contributed by atoms with Gasteiger partial charge in [0.25, 0.3) is 0 Å². The average Bonchev–Trinajstić information content (AvgIpc) is 3.62.